The fourth-order valence-electron chi connectivity index (χ4n) is 2.85. The lowest BCUT2D eigenvalue weighted by Crippen LogP contribution is -2.34. The van der Waals surface area contributed by atoms with Gasteiger partial charge < -0.3 is 15.7 Å². The summed E-state index contributed by atoms with van der Waals surface area (Å²) >= 11 is 0. The number of carboxylic acid groups (broad SMARTS) is 1. The lowest BCUT2D eigenvalue weighted by molar-refractivity contribution is -0.121. The van der Waals surface area contributed by atoms with E-state index in [1.54, 1.807) is 23.1 Å². The molecule has 3 N–H and O–H groups in total. The molecule has 1 aliphatic heterocycles. The van der Waals surface area contributed by atoms with E-state index >= 15 is 0 Å². The van der Waals surface area contributed by atoms with E-state index in [0.29, 0.717) is 13.0 Å². The highest BCUT2D eigenvalue weighted by Gasteiger charge is 2.32. The van der Waals surface area contributed by atoms with Crippen molar-refractivity contribution in [1.29, 1.82) is 0 Å². The van der Waals surface area contributed by atoms with Gasteiger partial charge in [0.1, 0.15) is 0 Å². The molecule has 1 amide bonds. The predicted octanol–water partition coefficient (Wildman–Crippen LogP) is 1.18. The van der Waals surface area contributed by atoms with Crippen molar-refractivity contribution in [2.24, 2.45) is 11.7 Å². The monoisotopic (exact) mass is 272 g/mol. The number of carbonyl (C=O) groups excluding carboxylic acids is 1. The summed E-state index contributed by atoms with van der Waals surface area (Å²) in [5.41, 5.74) is 7.74. The van der Waals surface area contributed by atoms with Crippen molar-refractivity contribution >= 4 is 17.6 Å². The molecule has 1 aromatic rings. The van der Waals surface area contributed by atoms with Gasteiger partial charge in [0.05, 0.1) is 11.5 Å². The van der Waals surface area contributed by atoms with Crippen LogP contribution in [0.25, 0.3) is 0 Å². The number of carbonyl (C=O) groups is 2. The van der Waals surface area contributed by atoms with E-state index < -0.39 is 5.97 Å². The van der Waals surface area contributed by atoms with Crippen molar-refractivity contribution in [3.8, 4) is 0 Å². The van der Waals surface area contributed by atoms with Gasteiger partial charge in [0.2, 0.25) is 5.91 Å². The predicted molar refractivity (Wildman–Crippen MR) is 74.7 cm³/mol. The molecule has 5 heteroatoms. The first kappa shape index (κ1) is 12.9. The Morgan fingerprint density at radius 3 is 2.75 bits per heavy atom. The number of amides is 1. The third kappa shape index (κ3) is 2.10. The van der Waals surface area contributed by atoms with Crippen LogP contribution < -0.4 is 10.6 Å². The van der Waals surface area contributed by atoms with E-state index in [1.807, 2.05) is 12.2 Å². The van der Waals surface area contributed by atoms with Crippen LogP contribution in [0.3, 0.4) is 0 Å². The third-order valence-corrected chi connectivity index (χ3v) is 3.93. The second kappa shape index (κ2) is 4.76. The second-order valence-corrected chi connectivity index (χ2v) is 5.28. The van der Waals surface area contributed by atoms with Crippen LogP contribution in [0.2, 0.25) is 0 Å². The standard InChI is InChI=1S/C15H16N2O3/c16-12-4-3-10(7-12)14(18)17-6-5-9-1-2-11(15(19)20)8-13(9)17/h1-4,8,10,12H,5-7,16H2,(H,19,20). The topological polar surface area (TPSA) is 83.6 Å². The average molecular weight is 272 g/mol. The summed E-state index contributed by atoms with van der Waals surface area (Å²) in [6.07, 6.45) is 5.10. The van der Waals surface area contributed by atoms with Gasteiger partial charge in [-0.25, -0.2) is 4.79 Å². The van der Waals surface area contributed by atoms with E-state index in [4.69, 9.17) is 10.8 Å². The molecule has 1 heterocycles. The Bertz CT molecular complexity index is 609. The molecule has 0 saturated heterocycles. The van der Waals surface area contributed by atoms with Gasteiger partial charge in [0.25, 0.3) is 0 Å². The van der Waals surface area contributed by atoms with Gasteiger partial charge in [-0.1, -0.05) is 18.2 Å². The van der Waals surface area contributed by atoms with E-state index in [9.17, 15) is 9.59 Å². The lowest BCUT2D eigenvalue weighted by Gasteiger charge is -2.21. The Hall–Kier alpha value is -2.14. The fourth-order valence-corrected chi connectivity index (χ4v) is 2.85. The summed E-state index contributed by atoms with van der Waals surface area (Å²) in [6, 6.07) is 4.90. The minimum absolute atomic E-state index is 0.00971. The Morgan fingerprint density at radius 1 is 1.30 bits per heavy atom. The molecule has 5 nitrogen and oxygen atoms in total. The summed E-state index contributed by atoms with van der Waals surface area (Å²) in [7, 11) is 0. The Morgan fingerprint density at radius 2 is 2.10 bits per heavy atom. The van der Waals surface area contributed by atoms with Crippen LogP contribution >= 0.6 is 0 Å². The number of hydrogen-bond donors (Lipinski definition) is 2. The summed E-state index contributed by atoms with van der Waals surface area (Å²) in [6.45, 7) is 0.608. The van der Waals surface area contributed by atoms with Gasteiger partial charge in [-0.15, -0.1) is 0 Å². The Kier molecular flexibility index (Phi) is 3.06. The number of nitrogens with zero attached hydrogens (tertiary/aromatic N) is 1. The van der Waals surface area contributed by atoms with Gasteiger partial charge >= 0.3 is 5.97 Å². The highest BCUT2D eigenvalue weighted by Crippen LogP contribution is 2.32. The van der Waals surface area contributed by atoms with Gasteiger partial charge in [-0.3, -0.25) is 4.79 Å². The van der Waals surface area contributed by atoms with Crippen LogP contribution in [0, 0.1) is 5.92 Å². The summed E-state index contributed by atoms with van der Waals surface area (Å²) in [5, 5.41) is 9.06. The van der Waals surface area contributed by atoms with Gasteiger partial charge in [-0.2, -0.15) is 0 Å². The number of nitrogens with two attached hydrogens (primary N) is 1. The Balaban J connectivity index is 1.88. The minimum Gasteiger partial charge on any atom is -0.478 e. The quantitative estimate of drug-likeness (QED) is 0.792. The molecule has 104 valence electrons. The number of benzene rings is 1. The molecule has 1 aromatic carbocycles. The molecule has 20 heavy (non-hydrogen) atoms. The maximum atomic E-state index is 12.5. The first-order chi connectivity index (χ1) is 9.56. The highest BCUT2D eigenvalue weighted by atomic mass is 16.4. The van der Waals surface area contributed by atoms with Crippen molar-refractivity contribution in [2.75, 3.05) is 11.4 Å². The molecule has 0 spiro atoms. The molecule has 2 unspecified atom stereocenters. The smallest absolute Gasteiger partial charge is 0.335 e. The zero-order valence-corrected chi connectivity index (χ0v) is 11.0. The number of anilines is 1. The van der Waals surface area contributed by atoms with Crippen LogP contribution in [0.4, 0.5) is 5.69 Å². The van der Waals surface area contributed by atoms with E-state index in [2.05, 4.69) is 0 Å². The van der Waals surface area contributed by atoms with E-state index in [0.717, 1.165) is 17.7 Å². The minimum atomic E-state index is -0.977. The van der Waals surface area contributed by atoms with Crippen LogP contribution in [0.1, 0.15) is 22.3 Å². The molecule has 0 radical (unpaired) electrons. The third-order valence-electron chi connectivity index (χ3n) is 3.93. The molecule has 3 rings (SSSR count). The van der Waals surface area contributed by atoms with Crippen molar-refractivity contribution in [1.82, 2.24) is 0 Å². The first-order valence-corrected chi connectivity index (χ1v) is 6.68. The normalized spacial score (nSPS) is 23.9. The van der Waals surface area contributed by atoms with Crippen molar-refractivity contribution in [2.45, 2.75) is 18.9 Å². The Labute approximate surface area is 116 Å². The highest BCUT2D eigenvalue weighted by molar-refractivity contribution is 6.00. The zero-order valence-electron chi connectivity index (χ0n) is 11.0. The maximum absolute atomic E-state index is 12.5. The van der Waals surface area contributed by atoms with Gasteiger partial charge in [0.15, 0.2) is 0 Å². The molecular formula is C15H16N2O3. The molecule has 0 aromatic heterocycles. The van der Waals surface area contributed by atoms with Crippen LogP contribution in [-0.2, 0) is 11.2 Å². The molecule has 0 saturated carbocycles. The molecule has 1 aliphatic carbocycles. The van der Waals surface area contributed by atoms with Crippen LogP contribution in [0.15, 0.2) is 30.4 Å². The number of rotatable bonds is 2. The summed E-state index contributed by atoms with van der Waals surface area (Å²) < 4.78 is 0. The molecule has 2 atom stereocenters. The van der Waals surface area contributed by atoms with Crippen LogP contribution in [0.5, 0.6) is 0 Å². The summed E-state index contributed by atoms with van der Waals surface area (Å²) in [4.78, 5) is 25.2. The molecule has 0 bridgehead atoms. The lowest BCUT2D eigenvalue weighted by atomic mass is 10.1. The van der Waals surface area contributed by atoms with Crippen molar-refractivity contribution < 1.29 is 14.7 Å². The molecule has 0 fully saturated rings. The second-order valence-electron chi connectivity index (χ2n) is 5.28. The summed E-state index contributed by atoms with van der Waals surface area (Å²) in [5.74, 6) is -1.16. The number of fused-ring (bicyclic) bond motifs is 1. The number of hydrogen-bond acceptors (Lipinski definition) is 3. The largest absolute Gasteiger partial charge is 0.478 e. The van der Waals surface area contributed by atoms with Crippen molar-refractivity contribution in [3.05, 3.63) is 41.5 Å². The maximum Gasteiger partial charge on any atom is 0.335 e. The zero-order chi connectivity index (χ0) is 14.3. The van der Waals surface area contributed by atoms with E-state index in [1.165, 1.54) is 0 Å². The van der Waals surface area contributed by atoms with Crippen molar-refractivity contribution in [3.63, 3.8) is 0 Å². The average Bonchev–Trinajstić information content (AvgIpc) is 3.03. The SMILES string of the molecule is NC1C=CC(C(=O)N2CCc3ccc(C(=O)O)cc32)C1. The first-order valence-electron chi connectivity index (χ1n) is 6.68. The van der Waals surface area contributed by atoms with Gasteiger partial charge in [-0.05, 0) is 30.5 Å². The molecular weight excluding hydrogens is 256 g/mol. The number of aromatic carboxylic acids is 1. The fraction of sp³-hybridized carbons (Fsp3) is 0.333. The molecule has 2 aliphatic rings. The van der Waals surface area contributed by atoms with Crippen LogP contribution in [-0.4, -0.2) is 29.6 Å². The number of carboxylic acids is 1. The van der Waals surface area contributed by atoms with Gasteiger partial charge in [0, 0.05) is 18.3 Å². The van der Waals surface area contributed by atoms with E-state index in [-0.39, 0.29) is 23.4 Å².